The van der Waals surface area contributed by atoms with E-state index in [2.05, 4.69) is 22.5 Å². The van der Waals surface area contributed by atoms with Crippen molar-refractivity contribution in [2.75, 3.05) is 13.2 Å². The van der Waals surface area contributed by atoms with Gasteiger partial charge in [0.15, 0.2) is 5.57 Å². The van der Waals surface area contributed by atoms with E-state index in [0.717, 1.165) is 10.0 Å². The minimum absolute atomic E-state index is 0.0182. The second kappa shape index (κ2) is 8.88. The third-order valence-corrected chi connectivity index (χ3v) is 5.38. The first kappa shape index (κ1) is 19.3. The fourth-order valence-corrected chi connectivity index (χ4v) is 4.00. The molecule has 1 atom stereocenters. The van der Waals surface area contributed by atoms with Crippen molar-refractivity contribution in [2.24, 2.45) is 0 Å². The molecule has 0 saturated carbocycles. The van der Waals surface area contributed by atoms with Crippen LogP contribution in [0, 0.1) is 11.3 Å². The Labute approximate surface area is 159 Å². The molecular formula is C18H17BrN2O3S. The molecule has 0 bridgehead atoms. The normalized spacial score (nSPS) is 18.7. The first-order chi connectivity index (χ1) is 12.0. The number of rotatable bonds is 6. The summed E-state index contributed by atoms with van der Waals surface area (Å²) in [5.41, 5.74) is 0.874. The Hall–Kier alpha value is -2.04. The summed E-state index contributed by atoms with van der Waals surface area (Å²) in [4.78, 5) is 26.2. The summed E-state index contributed by atoms with van der Waals surface area (Å²) in [6, 6.07) is 9.60. The Morgan fingerprint density at radius 3 is 2.72 bits per heavy atom. The van der Waals surface area contributed by atoms with Gasteiger partial charge in [0.05, 0.1) is 5.25 Å². The van der Waals surface area contributed by atoms with Crippen LogP contribution in [0.3, 0.4) is 0 Å². The van der Waals surface area contributed by atoms with E-state index in [1.807, 2.05) is 37.3 Å². The summed E-state index contributed by atoms with van der Waals surface area (Å²) < 4.78 is 5.92. The molecule has 1 aromatic carbocycles. The first-order valence-corrected chi connectivity index (χ1v) is 9.34. The highest BCUT2D eigenvalue weighted by Gasteiger charge is 2.39. The van der Waals surface area contributed by atoms with Gasteiger partial charge in [-0.05, 0) is 31.0 Å². The molecule has 0 aromatic heterocycles. The molecule has 1 saturated heterocycles. The molecule has 7 heteroatoms. The first-order valence-electron chi connectivity index (χ1n) is 7.66. The maximum Gasteiger partial charge on any atom is 0.351 e. The molecule has 25 heavy (non-hydrogen) atoms. The number of benzene rings is 1. The van der Waals surface area contributed by atoms with Crippen molar-refractivity contribution in [1.82, 2.24) is 4.90 Å². The predicted octanol–water partition coefficient (Wildman–Crippen LogP) is 3.42. The van der Waals surface area contributed by atoms with Crippen LogP contribution >= 0.6 is 27.7 Å². The van der Waals surface area contributed by atoms with E-state index in [0.29, 0.717) is 18.0 Å². The molecule has 130 valence electrons. The van der Waals surface area contributed by atoms with Gasteiger partial charge in [-0.2, -0.15) is 5.26 Å². The molecule has 1 unspecified atom stereocenters. The highest BCUT2D eigenvalue weighted by atomic mass is 79.9. The standard InChI is InChI=1S/C18H17BrN2O3S/c1-3-9-24-18(23)14(11-20)17-21(4-2)16(22)15(25-17)10-12-5-7-13(19)8-6-12/h3,5-8,15H,1,4,9-10H2,2H3/b17-14-. The minimum atomic E-state index is -0.736. The molecule has 1 aliphatic rings. The number of amides is 1. The number of carbonyl (C=O) groups excluding carboxylic acids is 2. The van der Waals surface area contributed by atoms with E-state index in [1.165, 1.54) is 22.7 Å². The van der Waals surface area contributed by atoms with Crippen LogP contribution in [-0.2, 0) is 20.7 Å². The number of ether oxygens (including phenoxy) is 1. The summed E-state index contributed by atoms with van der Waals surface area (Å²) in [5, 5.41) is 9.37. The van der Waals surface area contributed by atoms with E-state index in [9.17, 15) is 14.9 Å². The fraction of sp³-hybridized carbons (Fsp3) is 0.278. The van der Waals surface area contributed by atoms with Gasteiger partial charge in [0.1, 0.15) is 17.7 Å². The van der Waals surface area contributed by atoms with Crippen LogP contribution in [0.15, 0.2) is 52.0 Å². The number of nitriles is 1. The van der Waals surface area contributed by atoms with Crippen molar-refractivity contribution in [3.05, 3.63) is 57.6 Å². The number of halogens is 1. The molecule has 0 radical (unpaired) electrons. The molecule has 1 heterocycles. The number of hydrogen-bond donors (Lipinski definition) is 0. The predicted molar refractivity (Wildman–Crippen MR) is 100 cm³/mol. The van der Waals surface area contributed by atoms with Gasteiger partial charge in [-0.3, -0.25) is 4.79 Å². The molecule has 1 fully saturated rings. The Balaban J connectivity index is 2.27. The Bertz CT molecular complexity index is 753. The van der Waals surface area contributed by atoms with Crippen LogP contribution in [0.25, 0.3) is 0 Å². The van der Waals surface area contributed by atoms with E-state index in [-0.39, 0.29) is 23.3 Å². The molecule has 1 aliphatic heterocycles. The van der Waals surface area contributed by atoms with E-state index in [1.54, 1.807) is 0 Å². The average Bonchev–Trinajstić information content (AvgIpc) is 2.91. The van der Waals surface area contributed by atoms with Crippen LogP contribution in [0.4, 0.5) is 0 Å². The van der Waals surface area contributed by atoms with Gasteiger partial charge in [-0.1, -0.05) is 52.5 Å². The summed E-state index contributed by atoms with van der Waals surface area (Å²) in [7, 11) is 0. The number of carbonyl (C=O) groups is 2. The van der Waals surface area contributed by atoms with Gasteiger partial charge in [0.25, 0.3) is 0 Å². The van der Waals surface area contributed by atoms with Crippen LogP contribution in [-0.4, -0.2) is 35.2 Å². The van der Waals surface area contributed by atoms with E-state index >= 15 is 0 Å². The average molecular weight is 421 g/mol. The van der Waals surface area contributed by atoms with Crippen molar-refractivity contribution in [3.63, 3.8) is 0 Å². The largest absolute Gasteiger partial charge is 0.457 e. The van der Waals surface area contributed by atoms with Crippen molar-refractivity contribution in [3.8, 4) is 6.07 Å². The number of thioether (sulfide) groups is 1. The molecule has 5 nitrogen and oxygen atoms in total. The summed E-state index contributed by atoms with van der Waals surface area (Å²) >= 11 is 4.62. The highest BCUT2D eigenvalue weighted by molar-refractivity contribution is 9.10. The van der Waals surface area contributed by atoms with Gasteiger partial charge in [-0.15, -0.1) is 0 Å². The zero-order chi connectivity index (χ0) is 18.4. The van der Waals surface area contributed by atoms with Crippen molar-refractivity contribution >= 4 is 39.6 Å². The highest BCUT2D eigenvalue weighted by Crippen LogP contribution is 2.39. The minimum Gasteiger partial charge on any atom is -0.457 e. The quantitative estimate of drug-likeness (QED) is 0.305. The second-order valence-corrected chi connectivity index (χ2v) is 7.31. The number of esters is 1. The molecule has 1 aromatic rings. The fourth-order valence-electron chi connectivity index (χ4n) is 2.37. The van der Waals surface area contributed by atoms with Gasteiger partial charge in [0.2, 0.25) is 5.91 Å². The van der Waals surface area contributed by atoms with Gasteiger partial charge in [0, 0.05) is 11.0 Å². The van der Waals surface area contributed by atoms with Gasteiger partial charge in [-0.25, -0.2) is 4.79 Å². The number of nitrogens with zero attached hydrogens (tertiary/aromatic N) is 2. The molecule has 0 N–H and O–H groups in total. The lowest BCUT2D eigenvalue weighted by atomic mass is 10.1. The van der Waals surface area contributed by atoms with Crippen molar-refractivity contribution in [1.29, 1.82) is 5.26 Å². The van der Waals surface area contributed by atoms with Gasteiger partial charge >= 0.3 is 5.97 Å². The zero-order valence-electron chi connectivity index (χ0n) is 13.7. The molecule has 0 aliphatic carbocycles. The second-order valence-electron chi connectivity index (χ2n) is 5.20. The topological polar surface area (TPSA) is 70.4 Å². The molecule has 1 amide bonds. The van der Waals surface area contributed by atoms with Crippen LogP contribution in [0.1, 0.15) is 12.5 Å². The van der Waals surface area contributed by atoms with E-state index < -0.39 is 5.97 Å². The summed E-state index contributed by atoms with van der Waals surface area (Å²) in [6.07, 6.45) is 1.95. The maximum absolute atomic E-state index is 12.7. The summed E-state index contributed by atoms with van der Waals surface area (Å²) in [6.45, 7) is 5.69. The van der Waals surface area contributed by atoms with Crippen molar-refractivity contribution in [2.45, 2.75) is 18.6 Å². The zero-order valence-corrected chi connectivity index (χ0v) is 16.1. The van der Waals surface area contributed by atoms with Crippen LogP contribution in [0.5, 0.6) is 0 Å². The third-order valence-electron chi connectivity index (χ3n) is 3.55. The Morgan fingerprint density at radius 1 is 1.48 bits per heavy atom. The molecular weight excluding hydrogens is 404 g/mol. The molecule has 0 spiro atoms. The van der Waals surface area contributed by atoms with Crippen LogP contribution in [0.2, 0.25) is 0 Å². The maximum atomic E-state index is 12.7. The lowest BCUT2D eigenvalue weighted by molar-refractivity contribution is -0.137. The smallest absolute Gasteiger partial charge is 0.351 e. The van der Waals surface area contributed by atoms with Gasteiger partial charge < -0.3 is 9.64 Å². The Kier molecular flexibility index (Phi) is 6.85. The lowest BCUT2D eigenvalue weighted by Crippen LogP contribution is -2.30. The summed E-state index contributed by atoms with van der Waals surface area (Å²) in [5.74, 6) is -0.838. The lowest BCUT2D eigenvalue weighted by Gasteiger charge is -2.15. The third kappa shape index (κ3) is 4.53. The SMILES string of the molecule is C=CCOC(=O)/C(C#N)=C1\SC(Cc2ccc(Br)cc2)C(=O)N1CC. The van der Waals surface area contributed by atoms with E-state index in [4.69, 9.17) is 4.74 Å². The van der Waals surface area contributed by atoms with Crippen LogP contribution < -0.4 is 0 Å². The number of hydrogen-bond acceptors (Lipinski definition) is 5. The monoisotopic (exact) mass is 420 g/mol. The van der Waals surface area contributed by atoms with Crippen molar-refractivity contribution < 1.29 is 14.3 Å². The Morgan fingerprint density at radius 2 is 2.16 bits per heavy atom. The molecule has 2 rings (SSSR count).